The first-order valence-electron chi connectivity index (χ1n) is 11.8. The largest absolute Gasteiger partial charge is 0.481 e. The number of nitrogens with zero attached hydrogens (tertiary/aromatic N) is 2. The average Bonchev–Trinajstić information content (AvgIpc) is 3.38. The number of rotatable bonds is 10. The van der Waals surface area contributed by atoms with Crippen molar-refractivity contribution < 1.29 is 41.8 Å². The minimum absolute atomic E-state index is 0.00198. The van der Waals surface area contributed by atoms with Crippen LogP contribution >= 0.6 is 0 Å². The second kappa shape index (κ2) is 12.3. The minimum atomic E-state index is -3.32. The maximum absolute atomic E-state index is 13.8. The number of carbonyl (C=O) groups is 3. The molecule has 40 heavy (non-hydrogen) atoms. The Morgan fingerprint density at radius 1 is 1.20 bits per heavy atom. The summed E-state index contributed by atoms with van der Waals surface area (Å²) in [6.45, 7) is -3.86. The van der Waals surface area contributed by atoms with Gasteiger partial charge in [-0.3, -0.25) is 19.5 Å². The molecule has 2 heterocycles. The number of alkyl halides is 3. The Morgan fingerprint density at radius 2 is 2.00 bits per heavy atom. The fraction of sp³-hybridized carbons (Fsp3) is 0.292. The number of hydrogen-bond acceptors (Lipinski definition) is 8. The molecule has 1 aromatic heterocycles. The van der Waals surface area contributed by atoms with Crippen molar-refractivity contribution >= 4 is 40.3 Å². The lowest BCUT2D eigenvalue weighted by Gasteiger charge is -2.19. The number of ether oxygens (including phenoxy) is 1. The fourth-order valence-corrected chi connectivity index (χ4v) is 3.87. The molecule has 12 nitrogen and oxygen atoms in total. The average molecular weight is 565 g/mol. The van der Waals surface area contributed by atoms with E-state index in [1.807, 2.05) is 0 Å². The van der Waals surface area contributed by atoms with Crippen molar-refractivity contribution in [2.45, 2.75) is 25.2 Å². The van der Waals surface area contributed by atoms with Crippen molar-refractivity contribution in [1.29, 1.82) is 0 Å². The summed E-state index contributed by atoms with van der Waals surface area (Å²) >= 11 is 0. The van der Waals surface area contributed by atoms with Crippen LogP contribution in [-0.4, -0.2) is 71.5 Å². The predicted molar refractivity (Wildman–Crippen MR) is 133 cm³/mol. The third kappa shape index (κ3) is 7.15. The molecule has 0 aliphatic carbocycles. The van der Waals surface area contributed by atoms with E-state index in [9.17, 15) is 37.1 Å². The van der Waals surface area contributed by atoms with Gasteiger partial charge in [-0.15, -0.1) is 0 Å². The van der Waals surface area contributed by atoms with E-state index in [2.05, 4.69) is 41.2 Å². The van der Waals surface area contributed by atoms with E-state index >= 15 is 0 Å². The van der Waals surface area contributed by atoms with Crippen LogP contribution in [0.25, 0.3) is 10.9 Å². The lowest BCUT2D eigenvalue weighted by molar-refractivity contribution is -0.137. The topological polar surface area (TPSA) is 170 Å². The van der Waals surface area contributed by atoms with Gasteiger partial charge in [-0.2, -0.15) is 13.9 Å². The van der Waals surface area contributed by atoms with Crippen LogP contribution in [0.15, 0.2) is 41.5 Å². The summed E-state index contributed by atoms with van der Waals surface area (Å²) in [4.78, 5) is 40.8. The molecule has 1 unspecified atom stereocenters. The van der Waals surface area contributed by atoms with Crippen molar-refractivity contribution in [1.82, 2.24) is 26.1 Å². The molecular formula is C24H23F4N7O5. The Hall–Kier alpha value is -4.89. The molecular weight excluding hydrogens is 542 g/mol. The van der Waals surface area contributed by atoms with Gasteiger partial charge in [0.2, 0.25) is 5.91 Å². The van der Waals surface area contributed by atoms with Crippen LogP contribution in [0.1, 0.15) is 28.4 Å². The smallest absolute Gasteiger partial charge is 0.387 e. The number of anilines is 1. The number of H-pyrrole nitrogens is 1. The number of carbonyl (C=O) groups excluding carboxylic acids is 2. The van der Waals surface area contributed by atoms with Crippen LogP contribution in [0.2, 0.25) is 0 Å². The predicted octanol–water partition coefficient (Wildman–Crippen LogP) is 2.07. The number of hydrogen-bond donors (Lipinski definition) is 6. The maximum atomic E-state index is 13.8. The molecule has 0 saturated heterocycles. The Balaban J connectivity index is 1.44. The molecule has 0 bridgehead atoms. The number of carboxylic acids is 1. The van der Waals surface area contributed by atoms with Gasteiger partial charge in [0.15, 0.2) is 17.5 Å². The molecule has 6 N–H and O–H groups in total. The van der Waals surface area contributed by atoms with Gasteiger partial charge in [0.1, 0.15) is 6.17 Å². The molecule has 3 aromatic rings. The van der Waals surface area contributed by atoms with E-state index in [1.165, 1.54) is 18.3 Å². The summed E-state index contributed by atoms with van der Waals surface area (Å²) in [5, 5.41) is 27.1. The van der Waals surface area contributed by atoms with Crippen molar-refractivity contribution in [3.63, 3.8) is 0 Å². The molecule has 1 aliphatic rings. The zero-order valence-corrected chi connectivity index (χ0v) is 20.5. The molecule has 2 aromatic carbocycles. The van der Waals surface area contributed by atoms with Crippen molar-refractivity contribution in [2.75, 3.05) is 25.0 Å². The molecule has 0 radical (unpaired) electrons. The zero-order valence-electron chi connectivity index (χ0n) is 20.5. The highest BCUT2D eigenvalue weighted by Crippen LogP contribution is 2.27. The zero-order chi connectivity index (χ0) is 28.8. The highest BCUT2D eigenvalue weighted by Gasteiger charge is 2.22. The molecule has 2 amide bonds. The lowest BCUT2D eigenvalue weighted by atomic mass is 10.0. The van der Waals surface area contributed by atoms with Gasteiger partial charge in [0.25, 0.3) is 5.91 Å². The number of aromatic amines is 1. The Labute approximate surface area is 223 Å². The molecule has 4 rings (SSSR count). The summed E-state index contributed by atoms with van der Waals surface area (Å²) in [5.74, 6) is -4.41. The van der Waals surface area contributed by atoms with Gasteiger partial charge < -0.3 is 31.1 Å². The number of amides is 2. The summed E-state index contributed by atoms with van der Waals surface area (Å²) in [6.07, 6.45) is -0.260. The molecule has 2 atom stereocenters. The van der Waals surface area contributed by atoms with Gasteiger partial charge in [0, 0.05) is 10.9 Å². The summed E-state index contributed by atoms with van der Waals surface area (Å²) in [7, 11) is 0. The van der Waals surface area contributed by atoms with Crippen LogP contribution in [-0.2, 0) is 9.59 Å². The van der Waals surface area contributed by atoms with Gasteiger partial charge in [0.05, 0.1) is 49.5 Å². The van der Waals surface area contributed by atoms with Crippen LogP contribution in [0.4, 0.5) is 23.2 Å². The van der Waals surface area contributed by atoms with Gasteiger partial charge in [-0.1, -0.05) is 6.07 Å². The first kappa shape index (κ1) is 28.1. The van der Waals surface area contributed by atoms with E-state index < -0.39 is 61.1 Å². The number of aromatic nitrogens is 2. The summed E-state index contributed by atoms with van der Waals surface area (Å²) in [5.41, 5.74) is 1.04. The van der Waals surface area contributed by atoms with Crippen molar-refractivity contribution in [3.05, 3.63) is 53.5 Å². The lowest BCUT2D eigenvalue weighted by Crippen LogP contribution is -2.41. The highest BCUT2D eigenvalue weighted by molar-refractivity contribution is 6.07. The molecule has 0 fully saturated rings. The second-order valence-corrected chi connectivity index (χ2v) is 8.62. The van der Waals surface area contributed by atoms with Gasteiger partial charge in [-0.25, -0.2) is 13.8 Å². The molecule has 16 heteroatoms. The van der Waals surface area contributed by atoms with Crippen LogP contribution in [0.3, 0.4) is 0 Å². The monoisotopic (exact) mass is 565 g/mol. The number of guanidine groups is 1. The number of halogens is 4. The van der Waals surface area contributed by atoms with E-state index in [0.29, 0.717) is 22.5 Å². The molecule has 1 aliphatic heterocycles. The number of aliphatic carboxylic acids is 1. The standard InChI is InChI=1S/C24H23F4N7O5/c25-13-7-30-24(31-8-13)34-17-3-12(4-18-14(17)9-32-35-18)22(39)29-10-20(36)33-16(6-21(37)38)11-1-2-15(26)19(5-11)40-23(27)28/h1-5,9,13,16,23H,6-8,10H2,(H,29,39)(H,32,35)(H,33,36)(H,37,38)(H2,30,31,34)/t16-/m0/s1. The fourth-order valence-electron chi connectivity index (χ4n) is 3.87. The number of benzene rings is 2. The third-order valence-corrected chi connectivity index (χ3v) is 5.71. The molecule has 212 valence electrons. The van der Waals surface area contributed by atoms with Crippen molar-refractivity contribution in [2.24, 2.45) is 4.99 Å². The van der Waals surface area contributed by atoms with Crippen molar-refractivity contribution in [3.8, 4) is 5.75 Å². The van der Waals surface area contributed by atoms with E-state index in [1.54, 1.807) is 0 Å². The maximum Gasteiger partial charge on any atom is 0.387 e. The Kier molecular flexibility index (Phi) is 8.66. The second-order valence-electron chi connectivity index (χ2n) is 8.62. The number of nitrogens with one attached hydrogen (secondary N) is 5. The van der Waals surface area contributed by atoms with Gasteiger partial charge >= 0.3 is 12.6 Å². The normalized spacial score (nSPS) is 15.6. The highest BCUT2D eigenvalue weighted by atomic mass is 19.3. The molecule has 0 spiro atoms. The number of aliphatic imine (C=N–C) groups is 1. The van der Waals surface area contributed by atoms with Crippen LogP contribution in [0.5, 0.6) is 5.75 Å². The SMILES string of the molecule is O=C(O)C[C@H](NC(=O)CNC(=O)c1cc(NC2=NCC(F)CN2)c2cn[nH]c2c1)c1ccc(F)c(OC(F)F)c1. The molecule has 0 saturated carbocycles. The third-order valence-electron chi connectivity index (χ3n) is 5.71. The number of fused-ring (bicyclic) bond motifs is 1. The summed E-state index contributed by atoms with van der Waals surface area (Å²) < 4.78 is 56.4. The quantitative estimate of drug-likeness (QED) is 0.203. The van der Waals surface area contributed by atoms with E-state index in [4.69, 9.17) is 0 Å². The van der Waals surface area contributed by atoms with E-state index in [0.717, 1.165) is 18.2 Å². The Morgan fingerprint density at radius 3 is 2.70 bits per heavy atom. The first-order valence-corrected chi connectivity index (χ1v) is 11.8. The number of carboxylic acid groups (broad SMARTS) is 1. The minimum Gasteiger partial charge on any atom is -0.481 e. The summed E-state index contributed by atoms with van der Waals surface area (Å²) in [6, 6.07) is 4.51. The van der Waals surface area contributed by atoms with E-state index in [-0.39, 0.29) is 24.2 Å². The van der Waals surface area contributed by atoms with Crippen LogP contribution in [0, 0.1) is 5.82 Å². The first-order chi connectivity index (χ1) is 19.1. The Bertz CT molecular complexity index is 1450. The van der Waals surface area contributed by atoms with Crippen LogP contribution < -0.4 is 26.0 Å². The van der Waals surface area contributed by atoms with Gasteiger partial charge in [-0.05, 0) is 29.8 Å².